The maximum atomic E-state index is 5.86. The second-order valence-electron chi connectivity index (χ2n) is 11.6. The van der Waals surface area contributed by atoms with Crippen LogP contribution in [0.15, 0.2) is 65.8 Å². The van der Waals surface area contributed by atoms with Gasteiger partial charge in [-0.15, -0.1) is 0 Å². The van der Waals surface area contributed by atoms with Gasteiger partial charge in [0.05, 0.1) is 0 Å². The van der Waals surface area contributed by atoms with Crippen LogP contribution in [0.4, 0.5) is 0 Å². The molecule has 0 amide bonds. The minimum absolute atomic E-state index is 0. The lowest BCUT2D eigenvalue weighted by Crippen LogP contribution is -2.10. The second kappa shape index (κ2) is 18.7. The zero-order valence-corrected chi connectivity index (χ0v) is 25.0. The molecule has 11 radical (unpaired) electrons. The first-order valence-electron chi connectivity index (χ1n) is 13.4. The van der Waals surface area contributed by atoms with Gasteiger partial charge in [-0.2, -0.15) is 0 Å². The molecule has 0 aromatic heterocycles. The summed E-state index contributed by atoms with van der Waals surface area (Å²) in [6.45, 7) is 30.6. The lowest BCUT2D eigenvalue weighted by molar-refractivity contribution is 0.490. The van der Waals surface area contributed by atoms with Crippen molar-refractivity contribution >= 4 is 46.7 Å². The Bertz CT molecular complexity index is 862. The second-order valence-corrected chi connectivity index (χ2v) is 11.6. The van der Waals surface area contributed by atoms with Crippen molar-refractivity contribution in [1.29, 1.82) is 2.67 Å². The smallest absolute Gasteiger partial charge is 0.0379 e. The van der Waals surface area contributed by atoms with E-state index in [0.717, 1.165) is 19.5 Å². The van der Waals surface area contributed by atoms with Crippen molar-refractivity contribution in [1.82, 2.24) is 0 Å². The number of hydrogen-bond acceptors (Lipinski definition) is 0. The zero-order chi connectivity index (χ0) is 28.7. The van der Waals surface area contributed by atoms with E-state index in [9.17, 15) is 0 Å². The third kappa shape index (κ3) is 14.3. The van der Waals surface area contributed by atoms with Crippen LogP contribution in [0.1, 0.15) is 92.7 Å². The van der Waals surface area contributed by atoms with E-state index in [0.29, 0.717) is 0 Å². The van der Waals surface area contributed by atoms with Gasteiger partial charge in [-0.25, -0.2) is 0 Å². The Labute approximate surface area is 237 Å². The molecule has 0 heterocycles. The van der Waals surface area contributed by atoms with Crippen molar-refractivity contribution in [3.63, 3.8) is 0 Å². The molecule has 189 valence electrons. The van der Waals surface area contributed by atoms with Crippen molar-refractivity contribution < 1.29 is 0 Å². The molecule has 2 rings (SSSR count). The summed E-state index contributed by atoms with van der Waals surface area (Å²) in [7, 11) is 8.89. The monoisotopic (exact) mass is 479 g/mol. The quantitative estimate of drug-likeness (QED) is 0.310. The summed E-state index contributed by atoms with van der Waals surface area (Å²) in [5.41, 5.74) is 8.11. The van der Waals surface area contributed by atoms with Crippen LogP contribution in [-0.2, 0) is 0 Å². The molecule has 2 atom stereocenters. The molecular formula is C31H50B5. The van der Waals surface area contributed by atoms with Crippen molar-refractivity contribution in [3.8, 4) is 0 Å². The van der Waals surface area contributed by atoms with E-state index in [4.69, 9.17) is 2.67 Å². The number of rotatable bonds is 4. The van der Waals surface area contributed by atoms with Crippen molar-refractivity contribution in [2.45, 2.75) is 88.5 Å². The maximum Gasteiger partial charge on any atom is 0.0379 e. The highest BCUT2D eigenvalue weighted by Gasteiger charge is 2.23. The van der Waals surface area contributed by atoms with Crippen LogP contribution in [0.2, 0.25) is 0 Å². The fourth-order valence-corrected chi connectivity index (χ4v) is 4.10. The van der Waals surface area contributed by atoms with Gasteiger partial charge in [-0.3, -0.25) is 0 Å². The van der Waals surface area contributed by atoms with Crippen LogP contribution in [0.25, 0.3) is 6.08 Å². The fourth-order valence-electron chi connectivity index (χ4n) is 4.10. The summed E-state index contributed by atoms with van der Waals surface area (Å²) in [6.07, 6.45) is 8.86. The van der Waals surface area contributed by atoms with E-state index in [-0.39, 0.29) is 27.7 Å². The Kier molecular flexibility index (Phi) is 19.0. The first kappa shape index (κ1) is 36.7. The molecule has 1 fully saturated rings. The van der Waals surface area contributed by atoms with Gasteiger partial charge in [-0.1, -0.05) is 116 Å². The molecule has 0 bridgehead atoms. The summed E-state index contributed by atoms with van der Waals surface area (Å²) in [5.74, 6) is 1.66. The summed E-state index contributed by atoms with van der Waals surface area (Å²) in [4.78, 5) is 0. The minimum Gasteiger partial charge on any atom is -0.0950 e. The molecule has 1 aromatic rings. The van der Waals surface area contributed by atoms with Crippen LogP contribution in [0, 0.1) is 29.6 Å². The summed E-state index contributed by atoms with van der Waals surface area (Å²) in [6, 6.07) is 8.43. The van der Waals surface area contributed by atoms with Crippen LogP contribution < -0.4 is 0 Å². The van der Waals surface area contributed by atoms with Gasteiger partial charge in [0, 0.05) is 40.6 Å². The predicted octanol–water partition coefficient (Wildman–Crippen LogP) is 7.53. The Morgan fingerprint density at radius 2 is 1.44 bits per heavy atom. The van der Waals surface area contributed by atoms with Gasteiger partial charge in [-0.05, 0) is 80.4 Å². The molecule has 0 nitrogen and oxygen atoms in total. The summed E-state index contributed by atoms with van der Waals surface area (Å²) < 4.78 is 11.1. The SMILES string of the molecule is C=C(/C(C)=C/C1CCCC1C)C(C)(C)C.C=C(/C(C)=C/c1ccccc1C)C(C)(C)C.[2H][B].[2H][B][B].[B].[B]. The topological polar surface area (TPSA) is 0 Å². The van der Waals surface area contributed by atoms with Gasteiger partial charge in [0.1, 0.15) is 0 Å². The largest absolute Gasteiger partial charge is 0.0950 e. The van der Waals surface area contributed by atoms with Crippen molar-refractivity contribution in [3.05, 3.63) is 76.9 Å². The molecular weight excluding hydrogens is 426 g/mol. The van der Waals surface area contributed by atoms with Crippen LogP contribution >= 0.6 is 0 Å². The van der Waals surface area contributed by atoms with Crippen molar-refractivity contribution in [2.75, 3.05) is 0 Å². The molecule has 1 saturated carbocycles. The van der Waals surface area contributed by atoms with E-state index >= 15 is 0 Å². The van der Waals surface area contributed by atoms with Gasteiger partial charge in [0.25, 0.3) is 0 Å². The van der Waals surface area contributed by atoms with Gasteiger partial charge < -0.3 is 0 Å². The maximum absolute atomic E-state index is 5.86. The zero-order valence-electron chi connectivity index (χ0n) is 27.0. The van der Waals surface area contributed by atoms with Gasteiger partial charge in [0.2, 0.25) is 0 Å². The molecule has 0 spiro atoms. The van der Waals surface area contributed by atoms with Gasteiger partial charge in [0.15, 0.2) is 0 Å². The first-order chi connectivity index (χ1) is 16.6. The molecule has 1 aliphatic rings. The fraction of sp³-hybridized carbons (Fsp3) is 0.548. The number of benzene rings is 1. The molecule has 0 aliphatic heterocycles. The number of aryl methyl sites for hydroxylation is 1. The highest BCUT2D eigenvalue weighted by atomic mass is 14.3. The number of hydrogen-bond donors (Lipinski definition) is 0. The average Bonchev–Trinajstić information content (AvgIpc) is 3.19. The third-order valence-corrected chi connectivity index (χ3v) is 6.72. The summed E-state index contributed by atoms with van der Waals surface area (Å²) >= 11 is 0. The Hall–Kier alpha value is -1.50. The molecule has 1 aromatic carbocycles. The molecule has 5 heteroatoms. The molecule has 36 heavy (non-hydrogen) atoms. The Morgan fingerprint density at radius 1 is 1.00 bits per heavy atom. The van der Waals surface area contributed by atoms with Crippen molar-refractivity contribution in [2.24, 2.45) is 22.7 Å². The highest BCUT2D eigenvalue weighted by Crippen LogP contribution is 2.36. The standard InChI is InChI=1S/C16H22.C15H26.B2H.BH.2B/c1-12-9-7-8-10-15(12)11-13(2)14(3)16(4,5)6;1-11-8-7-9-14(11)10-12(2)13(3)15(4,5)6;1-2;;;/h7-11H,3H2,1-2,4-6H3;10-11,14H,3,7-9H2,1-2,4-6H3;1H;1H;;/b13-11+;12-10+;;;;/i;;2*1D;;. The lowest BCUT2D eigenvalue weighted by Gasteiger charge is -2.24. The third-order valence-electron chi connectivity index (χ3n) is 6.72. The van der Waals surface area contributed by atoms with E-state index in [1.54, 1.807) is 0 Å². The molecule has 0 N–H and O–H groups in total. The average molecular weight is 479 g/mol. The first-order valence-corrected chi connectivity index (χ1v) is 12.3. The van der Waals surface area contributed by atoms with Crippen LogP contribution in [0.3, 0.4) is 0 Å². The lowest BCUT2D eigenvalue weighted by atomic mass is 9.81. The Balaban J connectivity index is -0.000000249. The van der Waals surface area contributed by atoms with E-state index < -0.39 is 0 Å². The van der Waals surface area contributed by atoms with E-state index in [1.165, 1.54) is 52.7 Å². The highest BCUT2D eigenvalue weighted by molar-refractivity contribution is 6.75. The van der Waals surface area contributed by atoms with Gasteiger partial charge >= 0.3 is 0 Å². The Morgan fingerprint density at radius 3 is 1.83 bits per heavy atom. The predicted molar refractivity (Wildman–Crippen MR) is 174 cm³/mol. The number of allylic oxidation sites excluding steroid dienone is 5. The molecule has 2 unspecified atom stereocenters. The normalized spacial score (nSPS) is 17.9. The van der Waals surface area contributed by atoms with Crippen LogP contribution in [0.5, 0.6) is 0 Å². The summed E-state index contributed by atoms with van der Waals surface area (Å²) in [5, 5.41) is 0. The molecule has 1 aliphatic carbocycles. The van der Waals surface area contributed by atoms with E-state index in [2.05, 4.69) is 135 Å². The minimum atomic E-state index is 0. The van der Waals surface area contributed by atoms with E-state index in [1.807, 2.05) is 0 Å². The molecule has 0 saturated heterocycles. The van der Waals surface area contributed by atoms with Crippen LogP contribution in [-0.4, -0.2) is 43.3 Å².